The number of hydrogen-bond donors (Lipinski definition) is 2. The van der Waals surface area contributed by atoms with Crippen LogP contribution in [0.4, 0.5) is 0 Å². The zero-order chi connectivity index (χ0) is 14.7. The van der Waals surface area contributed by atoms with Gasteiger partial charge in [0.05, 0.1) is 18.0 Å². The van der Waals surface area contributed by atoms with E-state index in [9.17, 15) is 9.59 Å². The van der Waals surface area contributed by atoms with E-state index in [1.165, 1.54) is 0 Å². The fourth-order valence-corrected chi connectivity index (χ4v) is 2.83. The highest BCUT2D eigenvalue weighted by Gasteiger charge is 2.32. The van der Waals surface area contributed by atoms with Crippen LogP contribution in [0.3, 0.4) is 0 Å². The van der Waals surface area contributed by atoms with Crippen LogP contribution >= 0.6 is 0 Å². The molecule has 2 unspecified atom stereocenters. The molecule has 110 valence electrons. The normalized spacial score (nSPS) is 21.9. The first kappa shape index (κ1) is 14.6. The lowest BCUT2D eigenvalue weighted by molar-refractivity contribution is -0.143. The Hall–Kier alpha value is -1.85. The minimum absolute atomic E-state index is 0.0427. The number of rotatable bonds is 5. The van der Waals surface area contributed by atoms with Gasteiger partial charge < -0.3 is 14.9 Å². The Morgan fingerprint density at radius 1 is 1.40 bits per heavy atom. The van der Waals surface area contributed by atoms with Crippen LogP contribution in [-0.2, 0) is 16.0 Å². The van der Waals surface area contributed by atoms with Gasteiger partial charge in [-0.05, 0) is 32.6 Å². The molecular formula is C14H20N2O4. The van der Waals surface area contributed by atoms with Crippen LogP contribution in [0.15, 0.2) is 4.52 Å². The molecule has 0 saturated heterocycles. The molecule has 1 aromatic heterocycles. The average Bonchev–Trinajstić information content (AvgIpc) is 2.98. The number of amides is 1. The summed E-state index contributed by atoms with van der Waals surface area (Å²) in [5.41, 5.74) is 1.53. The number of aryl methyl sites for hydroxylation is 2. The second-order valence-corrected chi connectivity index (χ2v) is 5.42. The van der Waals surface area contributed by atoms with E-state index in [0.29, 0.717) is 18.7 Å². The largest absolute Gasteiger partial charge is 0.481 e. The van der Waals surface area contributed by atoms with Crippen molar-refractivity contribution in [2.24, 2.45) is 11.8 Å². The zero-order valence-corrected chi connectivity index (χ0v) is 11.8. The summed E-state index contributed by atoms with van der Waals surface area (Å²) in [5, 5.41) is 15.7. The minimum Gasteiger partial charge on any atom is -0.481 e. The Morgan fingerprint density at radius 3 is 2.75 bits per heavy atom. The minimum atomic E-state index is -0.757. The molecule has 6 nitrogen and oxygen atoms in total. The van der Waals surface area contributed by atoms with Gasteiger partial charge in [0.2, 0.25) is 5.91 Å². The Kier molecular flexibility index (Phi) is 4.42. The first-order chi connectivity index (χ1) is 9.49. The van der Waals surface area contributed by atoms with Gasteiger partial charge >= 0.3 is 5.97 Å². The van der Waals surface area contributed by atoms with Gasteiger partial charge in [-0.3, -0.25) is 9.59 Å². The van der Waals surface area contributed by atoms with E-state index >= 15 is 0 Å². The molecule has 1 aliphatic rings. The number of nitrogens with one attached hydrogen (secondary N) is 1. The van der Waals surface area contributed by atoms with Crippen molar-refractivity contribution in [3.63, 3.8) is 0 Å². The lowest BCUT2D eigenvalue weighted by Crippen LogP contribution is -2.34. The fourth-order valence-electron chi connectivity index (χ4n) is 2.83. The Labute approximate surface area is 117 Å². The topological polar surface area (TPSA) is 92.4 Å². The van der Waals surface area contributed by atoms with Crippen LogP contribution in [0, 0.1) is 25.7 Å². The third-order valence-electron chi connectivity index (χ3n) is 4.06. The predicted molar refractivity (Wildman–Crippen MR) is 71.2 cm³/mol. The molecule has 0 spiro atoms. The molecule has 0 radical (unpaired) electrons. The van der Waals surface area contributed by atoms with Gasteiger partial charge in [0.15, 0.2) is 0 Å². The lowest BCUT2D eigenvalue weighted by Gasteiger charge is -2.16. The maximum absolute atomic E-state index is 11.9. The van der Waals surface area contributed by atoms with Crippen molar-refractivity contribution in [1.29, 1.82) is 0 Å². The van der Waals surface area contributed by atoms with E-state index in [2.05, 4.69) is 10.5 Å². The molecule has 1 aliphatic carbocycles. The fraction of sp³-hybridized carbons (Fsp3) is 0.643. The second kappa shape index (κ2) is 6.07. The molecule has 1 saturated carbocycles. The molecule has 2 N–H and O–H groups in total. The van der Waals surface area contributed by atoms with Gasteiger partial charge in [-0.2, -0.15) is 0 Å². The van der Waals surface area contributed by atoms with Crippen molar-refractivity contribution in [2.45, 2.75) is 39.5 Å². The van der Waals surface area contributed by atoms with Crippen LogP contribution < -0.4 is 5.32 Å². The number of carbonyl (C=O) groups is 2. The first-order valence-electron chi connectivity index (χ1n) is 6.90. The molecule has 6 heteroatoms. The van der Waals surface area contributed by atoms with E-state index in [1.54, 1.807) is 13.8 Å². The summed E-state index contributed by atoms with van der Waals surface area (Å²) in [6, 6.07) is 0. The summed E-state index contributed by atoms with van der Waals surface area (Å²) in [4.78, 5) is 23.0. The molecule has 0 bridgehead atoms. The van der Waals surface area contributed by atoms with Crippen molar-refractivity contribution in [1.82, 2.24) is 10.5 Å². The Bertz CT molecular complexity index is 490. The Balaban J connectivity index is 1.85. The molecule has 0 aromatic carbocycles. The highest BCUT2D eigenvalue weighted by atomic mass is 16.5. The van der Waals surface area contributed by atoms with Crippen molar-refractivity contribution in [3.05, 3.63) is 17.0 Å². The number of aromatic nitrogens is 1. The SMILES string of the molecule is Cc1noc(C)c1CC(=O)NCC1CCCC1C(=O)O. The van der Waals surface area contributed by atoms with Gasteiger partial charge in [0.25, 0.3) is 0 Å². The quantitative estimate of drug-likeness (QED) is 0.851. The summed E-state index contributed by atoms with van der Waals surface area (Å²) in [6.45, 7) is 4.01. The number of carboxylic acids is 1. The van der Waals surface area contributed by atoms with E-state index in [4.69, 9.17) is 9.63 Å². The van der Waals surface area contributed by atoms with Crippen molar-refractivity contribution in [3.8, 4) is 0 Å². The van der Waals surface area contributed by atoms with Crippen LogP contribution in [0.1, 0.15) is 36.3 Å². The smallest absolute Gasteiger partial charge is 0.306 e. The van der Waals surface area contributed by atoms with Gasteiger partial charge in [-0.1, -0.05) is 11.6 Å². The first-order valence-corrected chi connectivity index (χ1v) is 6.90. The number of aliphatic carboxylic acids is 1. The van der Waals surface area contributed by atoms with Gasteiger partial charge in [0.1, 0.15) is 5.76 Å². The van der Waals surface area contributed by atoms with Crippen molar-refractivity contribution >= 4 is 11.9 Å². The summed E-state index contributed by atoms with van der Waals surface area (Å²) in [5.74, 6) is -0.500. The summed E-state index contributed by atoms with van der Waals surface area (Å²) < 4.78 is 5.01. The Morgan fingerprint density at radius 2 is 2.15 bits per heavy atom. The second-order valence-electron chi connectivity index (χ2n) is 5.42. The highest BCUT2D eigenvalue weighted by Crippen LogP contribution is 2.31. The molecular weight excluding hydrogens is 260 g/mol. The van der Waals surface area contributed by atoms with Gasteiger partial charge in [-0.25, -0.2) is 0 Å². The van der Waals surface area contributed by atoms with Crippen LogP contribution in [0.25, 0.3) is 0 Å². The molecule has 1 aromatic rings. The number of nitrogens with zero attached hydrogens (tertiary/aromatic N) is 1. The van der Waals surface area contributed by atoms with E-state index in [-0.39, 0.29) is 24.2 Å². The third kappa shape index (κ3) is 3.18. The highest BCUT2D eigenvalue weighted by molar-refractivity contribution is 5.79. The van der Waals surface area contributed by atoms with Crippen molar-refractivity contribution in [2.75, 3.05) is 6.54 Å². The standard InChI is InChI=1S/C14H20N2O4/c1-8-12(9(2)20-16-8)6-13(17)15-7-10-4-3-5-11(10)14(18)19/h10-11H,3-7H2,1-2H3,(H,15,17)(H,18,19). The molecule has 1 amide bonds. The van der Waals surface area contributed by atoms with Crippen LogP contribution in [0.5, 0.6) is 0 Å². The summed E-state index contributed by atoms with van der Waals surface area (Å²) >= 11 is 0. The summed E-state index contributed by atoms with van der Waals surface area (Å²) in [7, 11) is 0. The molecule has 2 atom stereocenters. The molecule has 2 rings (SSSR count). The molecule has 1 heterocycles. The lowest BCUT2D eigenvalue weighted by atomic mass is 9.96. The third-order valence-corrected chi connectivity index (χ3v) is 4.06. The number of carbonyl (C=O) groups excluding carboxylic acids is 1. The van der Waals surface area contributed by atoms with E-state index < -0.39 is 5.97 Å². The van der Waals surface area contributed by atoms with Crippen LogP contribution in [-0.4, -0.2) is 28.7 Å². The van der Waals surface area contributed by atoms with Crippen LogP contribution in [0.2, 0.25) is 0 Å². The maximum Gasteiger partial charge on any atom is 0.306 e. The predicted octanol–water partition coefficient (Wildman–Crippen LogP) is 1.45. The van der Waals surface area contributed by atoms with Gasteiger partial charge in [-0.15, -0.1) is 0 Å². The monoisotopic (exact) mass is 280 g/mol. The molecule has 1 fully saturated rings. The van der Waals surface area contributed by atoms with E-state index in [1.807, 2.05) is 0 Å². The number of hydrogen-bond acceptors (Lipinski definition) is 4. The van der Waals surface area contributed by atoms with Crippen molar-refractivity contribution < 1.29 is 19.2 Å². The van der Waals surface area contributed by atoms with Gasteiger partial charge in [0, 0.05) is 12.1 Å². The zero-order valence-electron chi connectivity index (χ0n) is 11.8. The molecule has 0 aliphatic heterocycles. The van der Waals surface area contributed by atoms with E-state index in [0.717, 1.165) is 24.1 Å². The average molecular weight is 280 g/mol. The molecule has 20 heavy (non-hydrogen) atoms. The summed E-state index contributed by atoms with van der Waals surface area (Å²) in [6.07, 6.45) is 2.72. The maximum atomic E-state index is 11.9. The number of carboxylic acid groups (broad SMARTS) is 1.